The molecule has 0 N–H and O–H groups in total. The van der Waals surface area contributed by atoms with Gasteiger partial charge in [-0.1, -0.05) is 0 Å². The Kier molecular flexibility index (Phi) is 3.17. The maximum atomic E-state index is 5.42. The maximum absolute atomic E-state index is 5.42. The molecule has 1 aromatic rings. The number of rotatable bonds is 3. The molecule has 0 spiro atoms. The summed E-state index contributed by atoms with van der Waals surface area (Å²) in [5.74, 6) is 0. The van der Waals surface area contributed by atoms with Crippen LogP contribution in [0.3, 0.4) is 0 Å². The van der Waals surface area contributed by atoms with Gasteiger partial charge in [-0.25, -0.2) is 0 Å². The van der Waals surface area contributed by atoms with Gasteiger partial charge in [0.05, 0.1) is 6.10 Å². The Hall–Kier alpha value is -0.960. The largest absolute Gasteiger partial charge is 0.321 e. The predicted octanol–water partition coefficient (Wildman–Crippen LogP) is 0.181. The van der Waals surface area contributed by atoms with Crippen molar-refractivity contribution in [3.63, 3.8) is 0 Å². The van der Waals surface area contributed by atoms with Crippen molar-refractivity contribution in [2.45, 2.75) is 26.7 Å². The summed E-state index contributed by atoms with van der Waals surface area (Å²) < 4.78 is 9.41. The summed E-state index contributed by atoms with van der Waals surface area (Å²) in [7, 11) is 1.99. The summed E-state index contributed by atoms with van der Waals surface area (Å²) in [6.45, 7) is 4.69. The smallest absolute Gasteiger partial charge is 0.253 e. The summed E-state index contributed by atoms with van der Waals surface area (Å²) >= 11 is 0. The van der Waals surface area contributed by atoms with Crippen molar-refractivity contribution in [1.29, 1.82) is 0 Å². The van der Waals surface area contributed by atoms with Crippen LogP contribution in [0.4, 0.5) is 0 Å². The minimum absolute atomic E-state index is 0.284. The number of hydrogen-bond acceptors (Lipinski definition) is 1. The summed E-state index contributed by atoms with van der Waals surface area (Å²) in [4.78, 5) is 0. The van der Waals surface area contributed by atoms with E-state index in [4.69, 9.17) is 4.74 Å². The first kappa shape index (κ1) is 9.13. The molecule has 0 aliphatic carbocycles. The maximum Gasteiger partial charge on any atom is 0.253 e. The normalized spacial score (nSPS) is 10.7. The van der Waals surface area contributed by atoms with Gasteiger partial charge in [-0.3, -0.25) is 0 Å². The lowest BCUT2D eigenvalue weighted by Crippen LogP contribution is -2.40. The lowest BCUT2D eigenvalue weighted by atomic mass is 10.5. The average Bonchev–Trinajstić information content (AvgIpc) is 2.03. The minimum atomic E-state index is 0.284. The summed E-state index contributed by atoms with van der Waals surface area (Å²) in [6.07, 6.45) is 8.24. The van der Waals surface area contributed by atoms with Gasteiger partial charge in [-0.2, -0.15) is 9.13 Å². The zero-order valence-electron chi connectivity index (χ0n) is 7.90. The molecule has 0 bridgehead atoms. The van der Waals surface area contributed by atoms with Crippen molar-refractivity contribution in [3.8, 4) is 0 Å². The van der Waals surface area contributed by atoms with Crippen LogP contribution in [0.1, 0.15) is 13.8 Å². The third kappa shape index (κ3) is 2.96. The van der Waals surface area contributed by atoms with Crippen molar-refractivity contribution < 1.29 is 13.9 Å². The van der Waals surface area contributed by atoms with Gasteiger partial charge in [0.1, 0.15) is 7.05 Å². The third-order valence-corrected chi connectivity index (χ3v) is 1.54. The predicted molar refractivity (Wildman–Crippen MR) is 44.0 cm³/mol. The number of aromatic nitrogens is 2. The van der Waals surface area contributed by atoms with Crippen LogP contribution in [0.25, 0.3) is 0 Å². The monoisotopic (exact) mass is 168 g/mol. The number of hydrogen-bond donors (Lipinski definition) is 0. The van der Waals surface area contributed by atoms with Crippen LogP contribution in [-0.2, 0) is 18.5 Å². The highest BCUT2D eigenvalue weighted by Gasteiger charge is 2.03. The second-order valence-corrected chi connectivity index (χ2v) is 3.12. The fourth-order valence-electron chi connectivity index (χ4n) is 0.802. The quantitative estimate of drug-likeness (QED) is 0.588. The lowest BCUT2D eigenvalue weighted by molar-refractivity contribution is -0.764. The van der Waals surface area contributed by atoms with E-state index in [9.17, 15) is 0 Å². The topological polar surface area (TPSA) is 17.0 Å². The number of aryl methyl sites for hydroxylation is 1. The average molecular weight is 168 g/mol. The van der Waals surface area contributed by atoms with E-state index in [0.29, 0.717) is 6.73 Å². The standard InChI is InChI=1S/C9H16N2O/c1-9(2)12-8-11-6-4-10(3)5-7-11/h4-7,9H,8H2,1-3H3/q+2. The van der Waals surface area contributed by atoms with Gasteiger partial charge in [-0.05, 0) is 13.8 Å². The van der Waals surface area contributed by atoms with Crippen LogP contribution >= 0.6 is 0 Å². The Balaban J connectivity index is 2.48. The van der Waals surface area contributed by atoms with Crippen LogP contribution in [0.5, 0.6) is 0 Å². The second kappa shape index (κ2) is 4.16. The van der Waals surface area contributed by atoms with E-state index in [1.54, 1.807) is 0 Å². The van der Waals surface area contributed by atoms with E-state index in [1.165, 1.54) is 0 Å². The van der Waals surface area contributed by atoms with E-state index < -0.39 is 0 Å². The van der Waals surface area contributed by atoms with Crippen molar-refractivity contribution in [2.75, 3.05) is 0 Å². The third-order valence-electron chi connectivity index (χ3n) is 1.54. The van der Waals surface area contributed by atoms with E-state index in [2.05, 4.69) is 0 Å². The number of ether oxygens (including phenoxy) is 1. The molecular weight excluding hydrogens is 152 g/mol. The minimum Gasteiger partial charge on any atom is -0.321 e. The molecule has 3 nitrogen and oxygen atoms in total. The summed E-state index contributed by atoms with van der Waals surface area (Å²) in [6, 6.07) is 0. The molecule has 0 unspecified atom stereocenters. The van der Waals surface area contributed by atoms with Gasteiger partial charge >= 0.3 is 0 Å². The Labute approximate surface area is 73.2 Å². The van der Waals surface area contributed by atoms with Crippen molar-refractivity contribution >= 4 is 0 Å². The number of nitrogens with zero attached hydrogens (tertiary/aromatic N) is 2. The van der Waals surface area contributed by atoms with Gasteiger partial charge in [0, 0.05) is 0 Å². The van der Waals surface area contributed by atoms with Crippen LogP contribution in [-0.4, -0.2) is 6.10 Å². The molecule has 0 aliphatic heterocycles. The fourth-order valence-corrected chi connectivity index (χ4v) is 0.802. The van der Waals surface area contributed by atoms with Crippen LogP contribution in [0.2, 0.25) is 0 Å². The van der Waals surface area contributed by atoms with Crippen molar-refractivity contribution in [1.82, 2.24) is 0 Å². The molecular formula is C9H16N2O+2. The zero-order valence-corrected chi connectivity index (χ0v) is 7.90. The molecule has 12 heavy (non-hydrogen) atoms. The first-order chi connectivity index (χ1) is 5.68. The van der Waals surface area contributed by atoms with Gasteiger partial charge < -0.3 is 4.74 Å². The van der Waals surface area contributed by atoms with Crippen molar-refractivity contribution in [2.24, 2.45) is 7.05 Å². The van der Waals surface area contributed by atoms with Crippen molar-refractivity contribution in [3.05, 3.63) is 24.8 Å². The van der Waals surface area contributed by atoms with E-state index >= 15 is 0 Å². The molecule has 0 amide bonds. The molecule has 1 aromatic heterocycles. The molecule has 1 heterocycles. The Morgan fingerprint density at radius 2 is 1.75 bits per heavy atom. The molecule has 0 radical (unpaired) electrons. The highest BCUT2D eigenvalue weighted by molar-refractivity contribution is 4.51. The second-order valence-electron chi connectivity index (χ2n) is 3.12. The molecule has 0 saturated heterocycles. The Bertz CT molecular complexity index is 231. The zero-order chi connectivity index (χ0) is 8.97. The summed E-state index contributed by atoms with van der Waals surface area (Å²) in [5, 5.41) is 0. The first-order valence-corrected chi connectivity index (χ1v) is 4.14. The highest BCUT2D eigenvalue weighted by atomic mass is 16.5. The molecule has 0 aromatic carbocycles. The van der Waals surface area contributed by atoms with E-state index in [0.717, 1.165) is 0 Å². The fraction of sp³-hybridized carbons (Fsp3) is 0.556. The van der Waals surface area contributed by atoms with Gasteiger partial charge in [0.2, 0.25) is 24.8 Å². The molecule has 0 aliphatic rings. The van der Waals surface area contributed by atoms with Gasteiger partial charge in [0.15, 0.2) is 0 Å². The van der Waals surface area contributed by atoms with Crippen LogP contribution in [0, 0.1) is 0 Å². The van der Waals surface area contributed by atoms with E-state index in [-0.39, 0.29) is 6.10 Å². The van der Waals surface area contributed by atoms with E-state index in [1.807, 2.05) is 54.8 Å². The highest BCUT2D eigenvalue weighted by Crippen LogP contribution is 1.85. The first-order valence-electron chi connectivity index (χ1n) is 4.14. The van der Waals surface area contributed by atoms with Gasteiger partial charge in [0.25, 0.3) is 6.73 Å². The molecule has 0 saturated carbocycles. The molecule has 3 heteroatoms. The molecule has 1 rings (SSSR count). The van der Waals surface area contributed by atoms with Crippen LogP contribution < -0.4 is 9.13 Å². The molecule has 66 valence electrons. The Morgan fingerprint density at radius 1 is 1.17 bits per heavy atom. The molecule has 0 fully saturated rings. The SMILES string of the molecule is CC(C)OC[n+]1cc[n+](C)cc1. The Morgan fingerprint density at radius 3 is 2.25 bits per heavy atom. The molecule has 0 atom stereocenters. The van der Waals surface area contributed by atoms with Crippen LogP contribution in [0.15, 0.2) is 24.8 Å². The lowest BCUT2D eigenvalue weighted by Gasteiger charge is -2.01. The summed E-state index contributed by atoms with van der Waals surface area (Å²) in [5.41, 5.74) is 0. The van der Waals surface area contributed by atoms with Gasteiger partial charge in [-0.15, -0.1) is 0 Å².